The molecule has 2 aliphatic heterocycles. The van der Waals surface area contributed by atoms with Gasteiger partial charge in [-0.15, -0.1) is 0 Å². The molecule has 0 saturated heterocycles. The fourth-order valence-corrected chi connectivity index (χ4v) is 6.51. The van der Waals surface area contributed by atoms with Gasteiger partial charge in [-0.2, -0.15) is 0 Å². The number of aromatic amines is 2. The number of hydrogen-bond acceptors (Lipinski definition) is 10. The van der Waals surface area contributed by atoms with Gasteiger partial charge >= 0.3 is 0 Å². The van der Waals surface area contributed by atoms with Crippen molar-refractivity contribution in [2.45, 2.75) is 27.7 Å². The molecule has 12 nitrogen and oxygen atoms in total. The fraction of sp³-hybridized carbons (Fsp3) is 0.100. The Labute approximate surface area is 297 Å². The van der Waals surface area contributed by atoms with Crippen molar-refractivity contribution in [3.05, 3.63) is 120 Å². The van der Waals surface area contributed by atoms with Gasteiger partial charge in [0.1, 0.15) is 23.3 Å². The first-order valence-corrected chi connectivity index (χ1v) is 16.7. The maximum absolute atomic E-state index is 5.26. The predicted octanol–water partition coefficient (Wildman–Crippen LogP) is 7.72. The normalized spacial score (nSPS) is 12.1. The lowest BCUT2D eigenvalue weighted by Gasteiger charge is -2.06. The van der Waals surface area contributed by atoms with Gasteiger partial charge in [-0.1, -0.05) is 0 Å². The maximum atomic E-state index is 5.26. The number of nitrogens with one attached hydrogen (secondary N) is 2. The minimum atomic E-state index is 0.680. The van der Waals surface area contributed by atoms with Crippen LogP contribution in [0.1, 0.15) is 46.1 Å². The molecule has 0 fully saturated rings. The smallest absolute Gasteiger partial charge is 0.125 e. The van der Waals surface area contributed by atoms with Crippen LogP contribution in [-0.2, 0) is 0 Å². The third-order valence-electron chi connectivity index (χ3n) is 9.03. The van der Waals surface area contributed by atoms with Crippen molar-refractivity contribution in [3.8, 4) is 44.5 Å². The number of aryl methyl sites for hydroxylation is 4. The highest BCUT2D eigenvalue weighted by Gasteiger charge is 2.20. The van der Waals surface area contributed by atoms with E-state index in [1.54, 1.807) is 0 Å². The SMILES string of the molecule is Cc1ncc(-c2c3nc(c(-c4cnc(C)nc4)c4ccc([nH]4)c(-c4cnc(C)nc4)c4nc(c(-c5cnc(C)nc5)c5ccc2[nH]5)C=C4)C=C3)cn1. The summed E-state index contributed by atoms with van der Waals surface area (Å²) in [5, 5.41) is 0. The monoisotopic (exact) mass is 678 g/mol. The van der Waals surface area contributed by atoms with Crippen LogP contribution in [0.15, 0.2) is 73.8 Å². The minimum Gasteiger partial charge on any atom is -0.354 e. The number of aromatic nitrogens is 12. The second-order valence-electron chi connectivity index (χ2n) is 12.6. The van der Waals surface area contributed by atoms with Gasteiger partial charge < -0.3 is 9.97 Å². The van der Waals surface area contributed by atoms with Gasteiger partial charge in [0, 0.05) is 116 Å². The van der Waals surface area contributed by atoms with Gasteiger partial charge in [-0.3, -0.25) is 0 Å². The van der Waals surface area contributed by atoms with Gasteiger partial charge in [-0.25, -0.2) is 49.8 Å². The molecular weight excluding hydrogens is 649 g/mol. The topological polar surface area (TPSA) is 160 Å². The summed E-state index contributed by atoms with van der Waals surface area (Å²) in [6.45, 7) is 7.48. The predicted molar refractivity (Wildman–Crippen MR) is 202 cm³/mol. The Balaban J connectivity index is 1.47. The highest BCUT2D eigenvalue weighted by Crippen LogP contribution is 2.37. The first kappa shape index (κ1) is 30.9. The molecule has 0 spiro atoms. The van der Waals surface area contributed by atoms with Crippen molar-refractivity contribution in [1.29, 1.82) is 0 Å². The van der Waals surface area contributed by atoms with Gasteiger partial charge in [0.15, 0.2) is 0 Å². The van der Waals surface area contributed by atoms with Crippen molar-refractivity contribution >= 4 is 46.4 Å². The van der Waals surface area contributed by atoms with Crippen LogP contribution in [0.5, 0.6) is 0 Å². The number of H-pyrrole nitrogens is 2. The Morgan fingerprint density at radius 2 is 0.538 bits per heavy atom. The van der Waals surface area contributed by atoms with Crippen LogP contribution in [0.2, 0.25) is 0 Å². The molecule has 7 aromatic rings. The van der Waals surface area contributed by atoms with Gasteiger partial charge in [-0.05, 0) is 76.3 Å². The zero-order chi connectivity index (χ0) is 35.3. The van der Waals surface area contributed by atoms with Crippen LogP contribution in [0.25, 0.3) is 90.9 Å². The van der Waals surface area contributed by atoms with E-state index >= 15 is 0 Å². The van der Waals surface area contributed by atoms with Crippen molar-refractivity contribution in [1.82, 2.24) is 59.8 Å². The van der Waals surface area contributed by atoms with Crippen LogP contribution >= 0.6 is 0 Å². The molecule has 2 N–H and O–H groups in total. The Morgan fingerprint density at radius 1 is 0.327 bits per heavy atom. The summed E-state index contributed by atoms with van der Waals surface area (Å²) in [4.78, 5) is 54.2. The zero-order valence-corrected chi connectivity index (χ0v) is 28.7. The van der Waals surface area contributed by atoms with E-state index in [0.29, 0.717) is 23.3 Å². The number of fused-ring (bicyclic) bond motifs is 8. The van der Waals surface area contributed by atoms with Crippen molar-refractivity contribution < 1.29 is 0 Å². The van der Waals surface area contributed by atoms with Gasteiger partial charge in [0.25, 0.3) is 0 Å². The summed E-state index contributed by atoms with van der Waals surface area (Å²) in [5.41, 5.74) is 13.0. The van der Waals surface area contributed by atoms with Crippen molar-refractivity contribution in [2.75, 3.05) is 0 Å². The molecule has 7 aromatic heterocycles. The molecular formula is C40H30N12. The Hall–Kier alpha value is -7.08. The number of hydrogen-bond donors (Lipinski definition) is 2. The average Bonchev–Trinajstić information content (AvgIpc) is 3.99. The van der Waals surface area contributed by atoms with Crippen molar-refractivity contribution in [2.24, 2.45) is 0 Å². The third-order valence-corrected chi connectivity index (χ3v) is 9.03. The van der Waals surface area contributed by atoms with E-state index in [4.69, 9.17) is 9.97 Å². The number of nitrogens with zero attached hydrogens (tertiary/aromatic N) is 10. The molecule has 12 heteroatoms. The molecule has 0 saturated carbocycles. The van der Waals surface area contributed by atoms with E-state index in [2.05, 4.69) is 49.8 Å². The van der Waals surface area contributed by atoms with Gasteiger partial charge in [0.2, 0.25) is 0 Å². The fourth-order valence-electron chi connectivity index (χ4n) is 6.51. The Kier molecular flexibility index (Phi) is 7.35. The lowest BCUT2D eigenvalue weighted by molar-refractivity contribution is 1.05. The number of rotatable bonds is 4. The summed E-state index contributed by atoms with van der Waals surface area (Å²) in [7, 11) is 0. The van der Waals surface area contributed by atoms with Gasteiger partial charge in [0.05, 0.1) is 22.8 Å². The molecule has 0 aromatic carbocycles. The van der Waals surface area contributed by atoms with Crippen molar-refractivity contribution in [3.63, 3.8) is 0 Å². The van der Waals surface area contributed by atoms with Crippen LogP contribution in [0.4, 0.5) is 0 Å². The van der Waals surface area contributed by atoms with E-state index in [-0.39, 0.29) is 0 Å². The molecule has 0 amide bonds. The standard InChI is InChI=1S/C40H30N12/c1-21-41-13-25(14-42-21)37-29-5-7-31(49-29)38(26-15-43-22(2)44-16-26)33-9-11-35(51-33)40(28-19-47-24(4)48-20-28)36-12-10-34(52-36)39(32-8-6-30(37)50-32)27-17-45-23(3)46-18-27/h5-20,49,52H,1-4H3. The molecule has 52 heavy (non-hydrogen) atoms. The molecule has 2 aliphatic rings. The van der Waals surface area contributed by atoms with E-state index in [9.17, 15) is 0 Å². The largest absolute Gasteiger partial charge is 0.354 e. The first-order chi connectivity index (χ1) is 25.4. The summed E-state index contributed by atoms with van der Waals surface area (Å²) in [6.07, 6.45) is 22.7. The summed E-state index contributed by atoms with van der Waals surface area (Å²) in [6, 6.07) is 8.19. The van der Waals surface area contributed by atoms with E-state index < -0.39 is 0 Å². The maximum Gasteiger partial charge on any atom is 0.125 e. The molecule has 8 bridgehead atoms. The molecule has 0 aliphatic carbocycles. The molecule has 0 atom stereocenters. The molecule has 0 radical (unpaired) electrons. The summed E-state index contributed by atoms with van der Waals surface area (Å²) >= 11 is 0. The van der Waals surface area contributed by atoms with Crippen LogP contribution in [0, 0.1) is 27.7 Å². The average molecular weight is 679 g/mol. The van der Waals surface area contributed by atoms with E-state index in [0.717, 1.165) is 89.4 Å². The van der Waals surface area contributed by atoms with Crippen LogP contribution in [0.3, 0.4) is 0 Å². The molecule has 0 unspecified atom stereocenters. The molecule has 9 heterocycles. The highest BCUT2D eigenvalue weighted by molar-refractivity contribution is 5.99. The van der Waals surface area contributed by atoms with E-state index in [1.165, 1.54) is 0 Å². The molecule has 9 rings (SSSR count). The minimum absolute atomic E-state index is 0.680. The lowest BCUT2D eigenvalue weighted by Crippen LogP contribution is -1.93. The second-order valence-corrected chi connectivity index (χ2v) is 12.6. The Bertz CT molecular complexity index is 2370. The Morgan fingerprint density at radius 3 is 0.750 bits per heavy atom. The lowest BCUT2D eigenvalue weighted by atomic mass is 10.1. The highest BCUT2D eigenvalue weighted by atomic mass is 14.9. The van der Waals surface area contributed by atoms with Crippen LogP contribution < -0.4 is 0 Å². The van der Waals surface area contributed by atoms with E-state index in [1.807, 2.05) is 126 Å². The quantitative estimate of drug-likeness (QED) is 0.189. The summed E-state index contributed by atoms with van der Waals surface area (Å²) < 4.78 is 0. The van der Waals surface area contributed by atoms with Crippen LogP contribution in [-0.4, -0.2) is 59.8 Å². The second kappa shape index (κ2) is 12.4. The third kappa shape index (κ3) is 5.52. The zero-order valence-electron chi connectivity index (χ0n) is 28.7. The first-order valence-electron chi connectivity index (χ1n) is 16.7. The molecule has 250 valence electrons. The summed E-state index contributed by atoms with van der Waals surface area (Å²) in [5.74, 6) is 2.72.